The minimum Gasteiger partial charge on any atom is -0.394 e. The first-order valence-corrected chi connectivity index (χ1v) is 6.69. The van der Waals surface area contributed by atoms with Gasteiger partial charge in [-0.25, -0.2) is 0 Å². The fraction of sp³-hybridized carbons (Fsp3) is 0.923. The smallest absolute Gasteiger partial charge is 0.223 e. The fourth-order valence-electron chi connectivity index (χ4n) is 2.31. The van der Waals surface area contributed by atoms with Gasteiger partial charge < -0.3 is 10.4 Å². The number of nitrogens with one attached hydrogen (secondary N) is 1. The molecule has 0 aromatic heterocycles. The van der Waals surface area contributed by atoms with E-state index in [4.69, 9.17) is 5.11 Å². The van der Waals surface area contributed by atoms with Gasteiger partial charge in [-0.05, 0) is 19.3 Å². The summed E-state index contributed by atoms with van der Waals surface area (Å²) in [5.41, 5.74) is 0. The molecular weight excluding hydrogens is 202 g/mol. The summed E-state index contributed by atoms with van der Waals surface area (Å²) in [6, 6.07) is -0.0575. The molecular formula is C13H25NO2. The van der Waals surface area contributed by atoms with Crippen LogP contribution in [0.25, 0.3) is 0 Å². The molecule has 0 aromatic rings. The van der Waals surface area contributed by atoms with Gasteiger partial charge in [0.15, 0.2) is 0 Å². The van der Waals surface area contributed by atoms with E-state index in [1.807, 2.05) is 6.92 Å². The van der Waals surface area contributed by atoms with Gasteiger partial charge in [0.2, 0.25) is 5.91 Å². The molecule has 3 nitrogen and oxygen atoms in total. The molecule has 2 N–H and O–H groups in total. The van der Waals surface area contributed by atoms with Gasteiger partial charge >= 0.3 is 0 Å². The van der Waals surface area contributed by atoms with Crippen molar-refractivity contribution >= 4 is 5.91 Å². The first-order chi connectivity index (χ1) is 7.77. The lowest BCUT2D eigenvalue weighted by Gasteiger charge is -2.22. The van der Waals surface area contributed by atoms with E-state index >= 15 is 0 Å². The third-order valence-electron chi connectivity index (χ3n) is 3.54. The van der Waals surface area contributed by atoms with Crippen LogP contribution in [0.15, 0.2) is 0 Å². The number of amides is 1. The summed E-state index contributed by atoms with van der Waals surface area (Å²) < 4.78 is 0. The molecule has 0 radical (unpaired) electrons. The highest BCUT2D eigenvalue weighted by Crippen LogP contribution is 2.22. The van der Waals surface area contributed by atoms with Crippen molar-refractivity contribution in [3.8, 4) is 0 Å². The van der Waals surface area contributed by atoms with Gasteiger partial charge in [-0.2, -0.15) is 0 Å². The van der Waals surface area contributed by atoms with Crippen molar-refractivity contribution in [2.75, 3.05) is 6.61 Å². The summed E-state index contributed by atoms with van der Waals surface area (Å²) >= 11 is 0. The maximum absolute atomic E-state index is 12.0. The normalized spacial score (nSPS) is 20.9. The van der Waals surface area contributed by atoms with Gasteiger partial charge in [-0.1, -0.05) is 39.0 Å². The second-order valence-electron chi connectivity index (χ2n) is 4.84. The number of aliphatic hydroxyl groups excluding tert-OH is 1. The molecule has 0 saturated heterocycles. The average Bonchev–Trinajstić information content (AvgIpc) is 2.25. The molecule has 0 aliphatic heterocycles. The van der Waals surface area contributed by atoms with E-state index in [2.05, 4.69) is 5.32 Å². The quantitative estimate of drug-likeness (QED) is 0.774. The van der Waals surface area contributed by atoms with E-state index in [1.54, 1.807) is 0 Å². The Labute approximate surface area is 98.6 Å². The molecule has 0 heterocycles. The van der Waals surface area contributed by atoms with E-state index in [9.17, 15) is 4.79 Å². The Hall–Kier alpha value is -0.570. The van der Waals surface area contributed by atoms with Crippen molar-refractivity contribution in [2.45, 2.75) is 64.3 Å². The molecule has 1 amide bonds. The third-order valence-corrected chi connectivity index (χ3v) is 3.54. The molecule has 16 heavy (non-hydrogen) atoms. The molecule has 1 aliphatic rings. The van der Waals surface area contributed by atoms with Crippen molar-refractivity contribution in [3.05, 3.63) is 0 Å². The highest BCUT2D eigenvalue weighted by molar-refractivity contribution is 5.78. The zero-order chi connectivity index (χ0) is 11.8. The van der Waals surface area contributed by atoms with Gasteiger partial charge in [-0.3, -0.25) is 4.79 Å². The van der Waals surface area contributed by atoms with Crippen LogP contribution in [0.5, 0.6) is 0 Å². The number of hydrogen-bond acceptors (Lipinski definition) is 2. The Balaban J connectivity index is 2.37. The van der Waals surface area contributed by atoms with Gasteiger partial charge in [0, 0.05) is 5.92 Å². The maximum Gasteiger partial charge on any atom is 0.223 e. The Morgan fingerprint density at radius 2 is 1.81 bits per heavy atom. The highest BCUT2D eigenvalue weighted by atomic mass is 16.3. The molecule has 94 valence electrons. The minimum atomic E-state index is -0.0575. The van der Waals surface area contributed by atoms with E-state index in [1.165, 1.54) is 32.1 Å². The summed E-state index contributed by atoms with van der Waals surface area (Å²) in [5, 5.41) is 12.0. The second-order valence-corrected chi connectivity index (χ2v) is 4.84. The SMILES string of the molecule is CC[C@@H](CO)NC(=O)C1CCCCCCC1. The molecule has 0 spiro atoms. The van der Waals surface area contributed by atoms with Crippen molar-refractivity contribution in [2.24, 2.45) is 5.92 Å². The zero-order valence-electron chi connectivity index (χ0n) is 10.4. The van der Waals surface area contributed by atoms with Crippen LogP contribution in [0.3, 0.4) is 0 Å². The van der Waals surface area contributed by atoms with Crippen LogP contribution in [0.1, 0.15) is 58.3 Å². The Kier molecular flexibility index (Phi) is 6.46. The molecule has 1 atom stereocenters. The lowest BCUT2D eigenvalue weighted by atomic mass is 9.90. The van der Waals surface area contributed by atoms with E-state index in [0.29, 0.717) is 0 Å². The van der Waals surface area contributed by atoms with Crippen LogP contribution < -0.4 is 5.32 Å². The van der Waals surface area contributed by atoms with Crippen LogP contribution in [-0.2, 0) is 4.79 Å². The van der Waals surface area contributed by atoms with Crippen molar-refractivity contribution in [3.63, 3.8) is 0 Å². The van der Waals surface area contributed by atoms with Crippen LogP contribution in [0.4, 0.5) is 0 Å². The fourth-order valence-corrected chi connectivity index (χ4v) is 2.31. The van der Waals surface area contributed by atoms with E-state index < -0.39 is 0 Å². The molecule has 0 unspecified atom stereocenters. The number of carbonyl (C=O) groups is 1. The molecule has 1 rings (SSSR count). The van der Waals surface area contributed by atoms with Gasteiger partial charge in [0.25, 0.3) is 0 Å². The van der Waals surface area contributed by atoms with Crippen LogP contribution in [0.2, 0.25) is 0 Å². The standard InChI is InChI=1S/C13H25NO2/c1-2-12(10-15)14-13(16)11-8-6-4-3-5-7-9-11/h11-12,15H,2-10H2,1H3,(H,14,16)/t12-/m0/s1. The van der Waals surface area contributed by atoms with Crippen molar-refractivity contribution in [1.29, 1.82) is 0 Å². The van der Waals surface area contributed by atoms with Gasteiger partial charge in [-0.15, -0.1) is 0 Å². The lowest BCUT2D eigenvalue weighted by molar-refractivity contribution is -0.126. The summed E-state index contributed by atoms with van der Waals surface area (Å²) in [4.78, 5) is 12.0. The highest BCUT2D eigenvalue weighted by Gasteiger charge is 2.20. The maximum atomic E-state index is 12.0. The van der Waals surface area contributed by atoms with Crippen molar-refractivity contribution < 1.29 is 9.90 Å². The largest absolute Gasteiger partial charge is 0.394 e. The average molecular weight is 227 g/mol. The Bertz CT molecular complexity index is 194. The molecule has 3 heteroatoms. The lowest BCUT2D eigenvalue weighted by Crippen LogP contribution is -2.40. The number of aliphatic hydroxyl groups is 1. The van der Waals surface area contributed by atoms with Crippen LogP contribution in [0, 0.1) is 5.92 Å². The molecule has 1 saturated carbocycles. The van der Waals surface area contributed by atoms with Crippen molar-refractivity contribution in [1.82, 2.24) is 5.32 Å². The molecule has 1 fully saturated rings. The Morgan fingerprint density at radius 1 is 1.25 bits per heavy atom. The predicted octanol–water partition coefficient (Wildman–Crippen LogP) is 2.23. The summed E-state index contributed by atoms with van der Waals surface area (Å²) in [6.07, 6.45) is 9.04. The van der Waals surface area contributed by atoms with E-state index in [0.717, 1.165) is 19.3 Å². The summed E-state index contributed by atoms with van der Waals surface area (Å²) in [6.45, 7) is 2.04. The second kappa shape index (κ2) is 7.66. The number of rotatable bonds is 4. The topological polar surface area (TPSA) is 49.3 Å². The predicted molar refractivity (Wildman–Crippen MR) is 65.1 cm³/mol. The van der Waals surface area contributed by atoms with Crippen LogP contribution >= 0.6 is 0 Å². The first kappa shape index (κ1) is 13.5. The van der Waals surface area contributed by atoms with Gasteiger partial charge in [0.1, 0.15) is 0 Å². The van der Waals surface area contributed by atoms with Gasteiger partial charge in [0.05, 0.1) is 12.6 Å². The summed E-state index contributed by atoms with van der Waals surface area (Å²) in [7, 11) is 0. The monoisotopic (exact) mass is 227 g/mol. The molecule has 0 aromatic carbocycles. The minimum absolute atomic E-state index is 0.0506. The van der Waals surface area contributed by atoms with Crippen LogP contribution in [-0.4, -0.2) is 23.7 Å². The molecule has 0 bridgehead atoms. The Morgan fingerprint density at radius 3 is 2.31 bits per heavy atom. The zero-order valence-corrected chi connectivity index (χ0v) is 10.4. The van der Waals surface area contributed by atoms with E-state index in [-0.39, 0.29) is 24.5 Å². The first-order valence-electron chi connectivity index (χ1n) is 6.69. The molecule has 1 aliphatic carbocycles. The summed E-state index contributed by atoms with van der Waals surface area (Å²) in [5.74, 6) is 0.337. The number of hydrogen-bond donors (Lipinski definition) is 2. The number of carbonyl (C=O) groups excluding carboxylic acids is 1. The third kappa shape index (κ3) is 4.52.